The number of benzene rings is 1. The average Bonchev–Trinajstić information content (AvgIpc) is 2.82. The Morgan fingerprint density at radius 3 is 2.45 bits per heavy atom. The molecule has 0 atom stereocenters. The summed E-state index contributed by atoms with van der Waals surface area (Å²) in [7, 11) is -1.64. The summed E-state index contributed by atoms with van der Waals surface area (Å²) in [6, 6.07) is 5.21. The van der Waals surface area contributed by atoms with E-state index in [1.807, 2.05) is 0 Å². The van der Waals surface area contributed by atoms with Crippen molar-refractivity contribution in [3.8, 4) is 0 Å². The van der Waals surface area contributed by atoms with Crippen LogP contribution >= 0.6 is 0 Å². The van der Waals surface area contributed by atoms with E-state index in [1.54, 1.807) is 24.0 Å². The standard InChI is InChI=1S/C13H14N2O4S/c1-15-8-7-14-12(15)6-9-20(18,19)11-4-2-10(3-5-11)13(16)17/h2-5,7-8H,6,9H2,1H3,(H,16,17). The van der Waals surface area contributed by atoms with Gasteiger partial charge in [0.25, 0.3) is 0 Å². The zero-order valence-corrected chi connectivity index (χ0v) is 11.7. The van der Waals surface area contributed by atoms with Gasteiger partial charge in [0.05, 0.1) is 16.2 Å². The van der Waals surface area contributed by atoms with E-state index in [9.17, 15) is 13.2 Å². The molecule has 1 N–H and O–H groups in total. The van der Waals surface area contributed by atoms with Crippen LogP contribution in [0.2, 0.25) is 0 Å². The van der Waals surface area contributed by atoms with Crippen LogP contribution < -0.4 is 0 Å². The molecule has 0 aliphatic heterocycles. The maximum absolute atomic E-state index is 12.1. The number of aromatic carboxylic acids is 1. The molecule has 0 aliphatic rings. The number of rotatable bonds is 5. The zero-order chi connectivity index (χ0) is 14.8. The highest BCUT2D eigenvalue weighted by molar-refractivity contribution is 7.91. The molecule has 0 bridgehead atoms. The van der Waals surface area contributed by atoms with Crippen molar-refractivity contribution in [1.82, 2.24) is 9.55 Å². The number of hydrogen-bond donors (Lipinski definition) is 1. The molecule has 0 saturated heterocycles. The van der Waals surface area contributed by atoms with Gasteiger partial charge >= 0.3 is 5.97 Å². The van der Waals surface area contributed by atoms with Crippen molar-refractivity contribution in [2.75, 3.05) is 5.75 Å². The summed E-state index contributed by atoms with van der Waals surface area (Å²) in [5.41, 5.74) is 0.0630. The summed E-state index contributed by atoms with van der Waals surface area (Å²) in [6.07, 6.45) is 3.68. The average molecular weight is 294 g/mol. The van der Waals surface area contributed by atoms with Gasteiger partial charge in [-0.3, -0.25) is 0 Å². The molecule has 7 heteroatoms. The molecule has 20 heavy (non-hydrogen) atoms. The van der Waals surface area contributed by atoms with E-state index in [0.29, 0.717) is 12.2 Å². The van der Waals surface area contributed by atoms with Crippen molar-refractivity contribution in [2.24, 2.45) is 7.05 Å². The first-order valence-corrected chi connectivity index (χ1v) is 7.58. The second kappa shape index (κ2) is 5.46. The van der Waals surface area contributed by atoms with Gasteiger partial charge in [0.1, 0.15) is 5.82 Å². The maximum Gasteiger partial charge on any atom is 0.335 e. The van der Waals surface area contributed by atoms with E-state index in [1.165, 1.54) is 24.3 Å². The largest absolute Gasteiger partial charge is 0.478 e. The van der Waals surface area contributed by atoms with Gasteiger partial charge in [0.2, 0.25) is 0 Å². The van der Waals surface area contributed by atoms with Gasteiger partial charge in [-0.1, -0.05) is 0 Å². The second-order valence-electron chi connectivity index (χ2n) is 4.35. The first-order chi connectivity index (χ1) is 9.40. The topological polar surface area (TPSA) is 89.3 Å². The highest BCUT2D eigenvalue weighted by Gasteiger charge is 2.16. The molecule has 0 aliphatic carbocycles. The van der Waals surface area contributed by atoms with Crippen molar-refractivity contribution in [3.63, 3.8) is 0 Å². The smallest absolute Gasteiger partial charge is 0.335 e. The van der Waals surface area contributed by atoms with Crippen molar-refractivity contribution in [1.29, 1.82) is 0 Å². The number of sulfone groups is 1. The van der Waals surface area contributed by atoms with Gasteiger partial charge in [-0.15, -0.1) is 0 Å². The van der Waals surface area contributed by atoms with E-state index in [0.717, 1.165) is 0 Å². The minimum Gasteiger partial charge on any atom is -0.478 e. The molecule has 0 amide bonds. The molecule has 0 saturated carbocycles. The summed E-state index contributed by atoms with van der Waals surface area (Å²) >= 11 is 0. The lowest BCUT2D eigenvalue weighted by Gasteiger charge is -2.05. The van der Waals surface area contributed by atoms with Crippen LogP contribution in [-0.4, -0.2) is 34.8 Å². The highest BCUT2D eigenvalue weighted by atomic mass is 32.2. The minimum atomic E-state index is -3.44. The lowest BCUT2D eigenvalue weighted by molar-refractivity contribution is 0.0697. The number of aryl methyl sites for hydroxylation is 2. The normalized spacial score (nSPS) is 11.4. The zero-order valence-electron chi connectivity index (χ0n) is 10.9. The molecule has 2 aromatic rings. The van der Waals surface area contributed by atoms with E-state index in [4.69, 9.17) is 5.11 Å². The maximum atomic E-state index is 12.1. The lowest BCUT2D eigenvalue weighted by atomic mass is 10.2. The van der Waals surface area contributed by atoms with Gasteiger partial charge in [-0.2, -0.15) is 0 Å². The van der Waals surface area contributed by atoms with Crippen LogP contribution in [-0.2, 0) is 23.3 Å². The van der Waals surface area contributed by atoms with Crippen LogP contribution in [0.1, 0.15) is 16.2 Å². The highest BCUT2D eigenvalue weighted by Crippen LogP contribution is 2.14. The van der Waals surface area contributed by atoms with Crippen LogP contribution in [0.3, 0.4) is 0 Å². The minimum absolute atomic E-state index is 0.0630. The molecule has 106 valence electrons. The van der Waals surface area contributed by atoms with Crippen molar-refractivity contribution < 1.29 is 18.3 Å². The number of carboxylic acids is 1. The summed E-state index contributed by atoms with van der Waals surface area (Å²) in [4.78, 5) is 14.9. The fourth-order valence-electron chi connectivity index (χ4n) is 1.79. The Labute approximate surface area is 116 Å². The molecule has 0 radical (unpaired) electrons. The van der Waals surface area contributed by atoms with Crippen LogP contribution in [0, 0.1) is 0 Å². The van der Waals surface area contributed by atoms with Gasteiger partial charge in [-0.05, 0) is 24.3 Å². The predicted molar refractivity (Wildman–Crippen MR) is 72.4 cm³/mol. The van der Waals surface area contributed by atoms with E-state index in [-0.39, 0.29) is 16.2 Å². The predicted octanol–water partition coefficient (Wildman–Crippen LogP) is 1.13. The summed E-state index contributed by atoms with van der Waals surface area (Å²) in [5, 5.41) is 8.78. The van der Waals surface area contributed by atoms with E-state index in [2.05, 4.69) is 4.98 Å². The first-order valence-electron chi connectivity index (χ1n) is 5.92. The molecule has 0 unspecified atom stereocenters. The van der Waals surface area contributed by atoms with Crippen LogP contribution in [0.15, 0.2) is 41.6 Å². The van der Waals surface area contributed by atoms with Crippen molar-refractivity contribution in [2.45, 2.75) is 11.3 Å². The van der Waals surface area contributed by atoms with Crippen LogP contribution in [0.4, 0.5) is 0 Å². The lowest BCUT2D eigenvalue weighted by Crippen LogP contribution is -2.12. The number of aromatic nitrogens is 2. The SMILES string of the molecule is Cn1ccnc1CCS(=O)(=O)c1ccc(C(=O)O)cc1. The monoisotopic (exact) mass is 294 g/mol. The molecule has 1 aromatic heterocycles. The quantitative estimate of drug-likeness (QED) is 0.893. The molecule has 2 rings (SSSR count). The molecule has 6 nitrogen and oxygen atoms in total. The Hall–Kier alpha value is -2.15. The molecule has 0 spiro atoms. The van der Waals surface area contributed by atoms with E-state index < -0.39 is 15.8 Å². The van der Waals surface area contributed by atoms with Gasteiger partial charge in [0.15, 0.2) is 9.84 Å². The number of nitrogens with zero attached hydrogens (tertiary/aromatic N) is 2. The third-order valence-corrected chi connectivity index (χ3v) is 4.71. The van der Waals surface area contributed by atoms with Gasteiger partial charge in [-0.25, -0.2) is 18.2 Å². The van der Waals surface area contributed by atoms with Crippen molar-refractivity contribution >= 4 is 15.8 Å². The molecule has 1 heterocycles. The number of carboxylic acid groups (broad SMARTS) is 1. The summed E-state index contributed by atoms with van der Waals surface area (Å²) in [6.45, 7) is 0. The van der Waals surface area contributed by atoms with Crippen molar-refractivity contribution in [3.05, 3.63) is 48.0 Å². The third kappa shape index (κ3) is 3.05. The Morgan fingerprint density at radius 2 is 1.95 bits per heavy atom. The molecule has 0 fully saturated rings. The summed E-state index contributed by atoms with van der Waals surface area (Å²) in [5.74, 6) is -0.456. The van der Waals surface area contributed by atoms with Crippen LogP contribution in [0.5, 0.6) is 0 Å². The Balaban J connectivity index is 2.14. The Morgan fingerprint density at radius 1 is 1.30 bits per heavy atom. The Bertz CT molecular complexity index is 717. The number of carbonyl (C=O) groups is 1. The molecular weight excluding hydrogens is 280 g/mol. The fraction of sp³-hybridized carbons (Fsp3) is 0.231. The third-order valence-electron chi connectivity index (χ3n) is 2.98. The molecule has 1 aromatic carbocycles. The van der Waals surface area contributed by atoms with E-state index >= 15 is 0 Å². The number of hydrogen-bond acceptors (Lipinski definition) is 4. The first kappa shape index (κ1) is 14.3. The summed E-state index contributed by atoms with van der Waals surface area (Å²) < 4.78 is 26.0. The van der Waals surface area contributed by atoms with Crippen LogP contribution in [0.25, 0.3) is 0 Å². The fourth-order valence-corrected chi connectivity index (χ4v) is 3.02. The van der Waals surface area contributed by atoms with Gasteiger partial charge < -0.3 is 9.67 Å². The second-order valence-corrected chi connectivity index (χ2v) is 6.46. The number of imidazole rings is 1. The molecular formula is C13H14N2O4S. The Kier molecular flexibility index (Phi) is 3.89. The van der Waals surface area contributed by atoms with Gasteiger partial charge in [0, 0.05) is 25.9 Å².